The van der Waals surface area contributed by atoms with E-state index in [2.05, 4.69) is 15.6 Å². The molecule has 0 saturated heterocycles. The summed E-state index contributed by atoms with van der Waals surface area (Å²) in [5.74, 6) is -1.89. The maximum atomic E-state index is 13.1. The fourth-order valence-corrected chi connectivity index (χ4v) is 1.66. The lowest BCUT2D eigenvalue weighted by molar-refractivity contribution is 0.0698. The van der Waals surface area contributed by atoms with Crippen molar-refractivity contribution in [2.45, 2.75) is 6.54 Å². The van der Waals surface area contributed by atoms with Crippen molar-refractivity contribution in [1.82, 2.24) is 10.3 Å². The van der Waals surface area contributed by atoms with E-state index >= 15 is 0 Å². The van der Waals surface area contributed by atoms with Gasteiger partial charge >= 0.3 is 12.0 Å². The van der Waals surface area contributed by atoms with Crippen LogP contribution in [0.3, 0.4) is 0 Å². The summed E-state index contributed by atoms with van der Waals surface area (Å²) in [4.78, 5) is 26.6. The van der Waals surface area contributed by atoms with Crippen LogP contribution in [-0.4, -0.2) is 22.1 Å². The SMILES string of the molecule is O=C(NCc1cccnc1)Nc1cc(F)ccc1C(=O)O. The Labute approximate surface area is 119 Å². The largest absolute Gasteiger partial charge is 0.478 e. The molecule has 0 aliphatic rings. The maximum absolute atomic E-state index is 13.1. The number of hydrogen-bond acceptors (Lipinski definition) is 3. The first kappa shape index (κ1) is 14.4. The average Bonchev–Trinajstić information content (AvgIpc) is 2.46. The molecule has 0 radical (unpaired) electrons. The Morgan fingerprint density at radius 3 is 2.76 bits per heavy atom. The third-order valence-corrected chi connectivity index (χ3v) is 2.64. The van der Waals surface area contributed by atoms with E-state index in [0.717, 1.165) is 23.8 Å². The molecule has 0 bridgehead atoms. The van der Waals surface area contributed by atoms with Gasteiger partial charge in [-0.15, -0.1) is 0 Å². The summed E-state index contributed by atoms with van der Waals surface area (Å²) in [6.45, 7) is 0.220. The molecular weight excluding hydrogens is 277 g/mol. The number of anilines is 1. The predicted octanol–water partition coefficient (Wildman–Crippen LogP) is 2.24. The van der Waals surface area contributed by atoms with Crippen LogP contribution in [0.1, 0.15) is 15.9 Å². The molecule has 108 valence electrons. The molecule has 1 heterocycles. The number of carbonyl (C=O) groups is 2. The maximum Gasteiger partial charge on any atom is 0.337 e. The lowest BCUT2D eigenvalue weighted by atomic mass is 10.2. The summed E-state index contributed by atoms with van der Waals surface area (Å²) in [5.41, 5.74) is 0.490. The molecule has 2 rings (SSSR count). The molecule has 0 aliphatic heterocycles. The molecule has 0 spiro atoms. The summed E-state index contributed by atoms with van der Waals surface area (Å²) >= 11 is 0. The summed E-state index contributed by atoms with van der Waals surface area (Å²) in [6, 6.07) is 5.93. The van der Waals surface area contributed by atoms with Gasteiger partial charge < -0.3 is 15.7 Å². The molecule has 0 fully saturated rings. The van der Waals surface area contributed by atoms with Crippen molar-refractivity contribution in [3.8, 4) is 0 Å². The Hall–Kier alpha value is -2.96. The Bertz CT molecular complexity index is 662. The first-order valence-corrected chi connectivity index (χ1v) is 6.03. The van der Waals surface area contributed by atoms with E-state index in [1.807, 2.05) is 0 Å². The normalized spacial score (nSPS) is 9.95. The minimum atomic E-state index is -1.25. The summed E-state index contributed by atoms with van der Waals surface area (Å²) in [5, 5.41) is 13.8. The highest BCUT2D eigenvalue weighted by Crippen LogP contribution is 2.17. The number of aromatic nitrogens is 1. The van der Waals surface area contributed by atoms with Gasteiger partial charge in [-0.05, 0) is 29.8 Å². The third kappa shape index (κ3) is 4.00. The van der Waals surface area contributed by atoms with Crippen LogP contribution in [0.4, 0.5) is 14.9 Å². The predicted molar refractivity (Wildman–Crippen MR) is 73.5 cm³/mol. The zero-order valence-corrected chi connectivity index (χ0v) is 10.8. The molecule has 3 N–H and O–H groups in total. The number of halogens is 1. The number of aromatic carboxylic acids is 1. The summed E-state index contributed by atoms with van der Waals surface area (Å²) < 4.78 is 13.1. The monoisotopic (exact) mass is 289 g/mol. The molecule has 1 aromatic carbocycles. The smallest absolute Gasteiger partial charge is 0.337 e. The number of rotatable bonds is 4. The van der Waals surface area contributed by atoms with E-state index in [9.17, 15) is 14.0 Å². The van der Waals surface area contributed by atoms with Crippen molar-refractivity contribution in [3.63, 3.8) is 0 Å². The molecule has 0 aliphatic carbocycles. The van der Waals surface area contributed by atoms with Crippen molar-refractivity contribution in [2.24, 2.45) is 0 Å². The topological polar surface area (TPSA) is 91.3 Å². The number of urea groups is 1. The second kappa shape index (κ2) is 6.47. The van der Waals surface area contributed by atoms with Gasteiger partial charge in [0.05, 0.1) is 11.3 Å². The van der Waals surface area contributed by atoms with Crippen LogP contribution in [-0.2, 0) is 6.54 Å². The number of carboxylic acids is 1. The Morgan fingerprint density at radius 2 is 2.10 bits per heavy atom. The van der Waals surface area contributed by atoms with Gasteiger partial charge in [0.2, 0.25) is 0 Å². The third-order valence-electron chi connectivity index (χ3n) is 2.64. The van der Waals surface area contributed by atoms with E-state index in [-0.39, 0.29) is 17.8 Å². The van der Waals surface area contributed by atoms with Crippen molar-refractivity contribution in [2.75, 3.05) is 5.32 Å². The first-order chi connectivity index (χ1) is 10.1. The van der Waals surface area contributed by atoms with Gasteiger partial charge in [0.25, 0.3) is 0 Å². The van der Waals surface area contributed by atoms with E-state index in [4.69, 9.17) is 5.11 Å². The van der Waals surface area contributed by atoms with Crippen molar-refractivity contribution < 1.29 is 19.1 Å². The molecule has 7 heteroatoms. The molecule has 0 saturated carbocycles. The van der Waals surface area contributed by atoms with Gasteiger partial charge in [0, 0.05) is 18.9 Å². The number of hydrogen-bond donors (Lipinski definition) is 3. The van der Waals surface area contributed by atoms with Crippen molar-refractivity contribution in [1.29, 1.82) is 0 Å². The lowest BCUT2D eigenvalue weighted by Gasteiger charge is -2.10. The first-order valence-electron chi connectivity index (χ1n) is 6.03. The van der Waals surface area contributed by atoms with E-state index in [0.29, 0.717) is 0 Å². The van der Waals surface area contributed by atoms with Crippen LogP contribution in [0.2, 0.25) is 0 Å². The molecule has 2 amide bonds. The minimum absolute atomic E-state index is 0.105. The second-order valence-electron chi connectivity index (χ2n) is 4.16. The van der Waals surface area contributed by atoms with Crippen LogP contribution in [0.5, 0.6) is 0 Å². The van der Waals surface area contributed by atoms with Gasteiger partial charge in [-0.25, -0.2) is 14.0 Å². The van der Waals surface area contributed by atoms with E-state index < -0.39 is 17.8 Å². The molecular formula is C14H12FN3O3. The molecule has 0 atom stereocenters. The van der Waals surface area contributed by atoms with Gasteiger partial charge in [0.15, 0.2) is 0 Å². The molecule has 1 aromatic heterocycles. The molecule has 2 aromatic rings. The van der Waals surface area contributed by atoms with Gasteiger partial charge in [-0.2, -0.15) is 0 Å². The highest BCUT2D eigenvalue weighted by Gasteiger charge is 2.13. The average molecular weight is 289 g/mol. The highest BCUT2D eigenvalue weighted by molar-refractivity contribution is 5.99. The molecule has 6 nitrogen and oxygen atoms in total. The number of nitrogens with one attached hydrogen (secondary N) is 2. The Kier molecular flexibility index (Phi) is 4.45. The van der Waals surface area contributed by atoms with Crippen LogP contribution in [0.15, 0.2) is 42.7 Å². The van der Waals surface area contributed by atoms with Crippen LogP contribution < -0.4 is 10.6 Å². The van der Waals surface area contributed by atoms with Gasteiger partial charge in [-0.3, -0.25) is 4.98 Å². The number of pyridine rings is 1. The molecule has 0 unspecified atom stereocenters. The highest BCUT2D eigenvalue weighted by atomic mass is 19.1. The van der Waals surface area contributed by atoms with Gasteiger partial charge in [-0.1, -0.05) is 6.07 Å². The van der Waals surface area contributed by atoms with Crippen LogP contribution in [0.25, 0.3) is 0 Å². The zero-order chi connectivity index (χ0) is 15.2. The quantitative estimate of drug-likeness (QED) is 0.805. The number of amides is 2. The minimum Gasteiger partial charge on any atom is -0.478 e. The summed E-state index contributed by atoms with van der Waals surface area (Å²) in [6.07, 6.45) is 3.20. The number of nitrogens with zero attached hydrogens (tertiary/aromatic N) is 1. The zero-order valence-electron chi connectivity index (χ0n) is 10.8. The van der Waals surface area contributed by atoms with E-state index in [1.165, 1.54) is 0 Å². The van der Waals surface area contributed by atoms with Crippen LogP contribution >= 0.6 is 0 Å². The van der Waals surface area contributed by atoms with E-state index in [1.54, 1.807) is 24.5 Å². The lowest BCUT2D eigenvalue weighted by Crippen LogP contribution is -2.29. The van der Waals surface area contributed by atoms with Crippen molar-refractivity contribution in [3.05, 3.63) is 59.7 Å². The standard InChI is InChI=1S/C14H12FN3O3/c15-10-3-4-11(13(19)20)12(6-10)18-14(21)17-8-9-2-1-5-16-7-9/h1-7H,8H2,(H,19,20)(H2,17,18,21). The Balaban J connectivity index is 2.02. The molecule has 21 heavy (non-hydrogen) atoms. The van der Waals surface area contributed by atoms with Gasteiger partial charge in [0.1, 0.15) is 5.82 Å². The number of benzene rings is 1. The van der Waals surface area contributed by atoms with Crippen molar-refractivity contribution >= 4 is 17.7 Å². The number of carboxylic acid groups (broad SMARTS) is 1. The van der Waals surface area contributed by atoms with Crippen LogP contribution in [0, 0.1) is 5.82 Å². The fraction of sp³-hybridized carbons (Fsp3) is 0.0714. The Morgan fingerprint density at radius 1 is 1.29 bits per heavy atom. The fourth-order valence-electron chi connectivity index (χ4n) is 1.66. The number of carbonyl (C=O) groups excluding carboxylic acids is 1. The summed E-state index contributed by atoms with van der Waals surface area (Å²) in [7, 11) is 0. The second-order valence-corrected chi connectivity index (χ2v) is 4.16.